The summed E-state index contributed by atoms with van der Waals surface area (Å²) >= 11 is 0. The SMILES string of the molecule is Cc1cccc2c1nc(N)n2C1CCN2CCCC2C1. The number of piperidine rings is 1. The summed E-state index contributed by atoms with van der Waals surface area (Å²) in [4.78, 5) is 7.25. The number of para-hydroxylation sites is 1. The monoisotopic (exact) mass is 270 g/mol. The van der Waals surface area contributed by atoms with Crippen molar-refractivity contribution < 1.29 is 0 Å². The molecule has 2 aromatic rings. The van der Waals surface area contributed by atoms with E-state index >= 15 is 0 Å². The number of aryl methyl sites for hydroxylation is 1. The molecule has 4 heteroatoms. The Bertz CT molecular complexity index is 645. The number of benzene rings is 1. The van der Waals surface area contributed by atoms with E-state index in [1.54, 1.807) is 0 Å². The Morgan fingerprint density at radius 3 is 3.00 bits per heavy atom. The maximum Gasteiger partial charge on any atom is 0.201 e. The fourth-order valence-electron chi connectivity index (χ4n) is 4.10. The first-order valence-electron chi connectivity index (χ1n) is 7.71. The van der Waals surface area contributed by atoms with Gasteiger partial charge >= 0.3 is 0 Å². The van der Waals surface area contributed by atoms with E-state index in [4.69, 9.17) is 5.73 Å². The van der Waals surface area contributed by atoms with Gasteiger partial charge in [-0.1, -0.05) is 12.1 Å². The molecule has 2 saturated heterocycles. The average molecular weight is 270 g/mol. The predicted molar refractivity (Wildman–Crippen MR) is 81.7 cm³/mol. The number of rotatable bonds is 1. The van der Waals surface area contributed by atoms with Crippen molar-refractivity contribution in [3.8, 4) is 0 Å². The zero-order valence-electron chi connectivity index (χ0n) is 12.0. The van der Waals surface area contributed by atoms with Crippen LogP contribution < -0.4 is 5.73 Å². The lowest BCUT2D eigenvalue weighted by molar-refractivity contribution is 0.158. The van der Waals surface area contributed by atoms with Crippen LogP contribution in [-0.2, 0) is 0 Å². The van der Waals surface area contributed by atoms with E-state index in [1.165, 1.54) is 49.9 Å². The van der Waals surface area contributed by atoms with E-state index in [0.717, 1.165) is 11.6 Å². The lowest BCUT2D eigenvalue weighted by atomic mass is 9.97. The van der Waals surface area contributed by atoms with Gasteiger partial charge in [-0.05, 0) is 50.8 Å². The third-order valence-electron chi connectivity index (χ3n) is 5.11. The second-order valence-electron chi connectivity index (χ2n) is 6.29. The van der Waals surface area contributed by atoms with Crippen LogP contribution in [0.1, 0.15) is 37.3 Å². The quantitative estimate of drug-likeness (QED) is 0.866. The third kappa shape index (κ3) is 1.74. The molecule has 0 saturated carbocycles. The summed E-state index contributed by atoms with van der Waals surface area (Å²) < 4.78 is 2.29. The minimum atomic E-state index is 0.515. The van der Waals surface area contributed by atoms with Crippen molar-refractivity contribution in [2.75, 3.05) is 18.8 Å². The second-order valence-corrected chi connectivity index (χ2v) is 6.29. The van der Waals surface area contributed by atoms with E-state index in [0.29, 0.717) is 12.0 Å². The second kappa shape index (κ2) is 4.48. The topological polar surface area (TPSA) is 47.1 Å². The normalized spacial score (nSPS) is 27.1. The number of nitrogens with zero attached hydrogens (tertiary/aromatic N) is 3. The number of nitrogens with two attached hydrogens (primary N) is 1. The summed E-state index contributed by atoms with van der Waals surface area (Å²) in [5.41, 5.74) is 9.72. The number of imidazole rings is 1. The van der Waals surface area contributed by atoms with E-state index in [1.807, 2.05) is 0 Å². The van der Waals surface area contributed by atoms with Crippen molar-refractivity contribution in [3.05, 3.63) is 23.8 Å². The molecule has 1 aromatic carbocycles. The molecule has 0 spiro atoms. The van der Waals surface area contributed by atoms with E-state index in [-0.39, 0.29) is 0 Å². The Balaban J connectivity index is 1.75. The van der Waals surface area contributed by atoms with Gasteiger partial charge in [0, 0.05) is 18.6 Å². The van der Waals surface area contributed by atoms with Gasteiger partial charge in [-0.15, -0.1) is 0 Å². The van der Waals surface area contributed by atoms with Crippen LogP contribution in [0.4, 0.5) is 5.95 Å². The highest BCUT2D eigenvalue weighted by Gasteiger charge is 2.33. The van der Waals surface area contributed by atoms with Crippen LogP contribution in [0.5, 0.6) is 0 Å². The highest BCUT2D eigenvalue weighted by molar-refractivity contribution is 5.81. The van der Waals surface area contributed by atoms with Gasteiger partial charge in [-0.2, -0.15) is 0 Å². The minimum absolute atomic E-state index is 0.515. The van der Waals surface area contributed by atoms with Crippen LogP contribution in [0.2, 0.25) is 0 Å². The molecule has 2 atom stereocenters. The predicted octanol–water partition coefficient (Wildman–Crippen LogP) is 2.73. The van der Waals surface area contributed by atoms with Gasteiger partial charge < -0.3 is 15.2 Å². The minimum Gasteiger partial charge on any atom is -0.369 e. The zero-order valence-corrected chi connectivity index (χ0v) is 12.0. The molecule has 20 heavy (non-hydrogen) atoms. The van der Waals surface area contributed by atoms with Crippen molar-refractivity contribution in [2.24, 2.45) is 0 Å². The summed E-state index contributed by atoms with van der Waals surface area (Å²) in [5, 5.41) is 0. The maximum absolute atomic E-state index is 6.23. The molecule has 106 valence electrons. The Kier molecular flexibility index (Phi) is 2.74. The lowest BCUT2D eigenvalue weighted by Gasteiger charge is -2.35. The summed E-state index contributed by atoms with van der Waals surface area (Å²) in [7, 11) is 0. The van der Waals surface area contributed by atoms with Gasteiger partial charge in [0.1, 0.15) is 0 Å². The molecule has 0 radical (unpaired) electrons. The average Bonchev–Trinajstić information content (AvgIpc) is 3.02. The van der Waals surface area contributed by atoms with Crippen LogP contribution in [0.3, 0.4) is 0 Å². The van der Waals surface area contributed by atoms with E-state index < -0.39 is 0 Å². The largest absolute Gasteiger partial charge is 0.369 e. The molecule has 0 aliphatic carbocycles. The first-order chi connectivity index (χ1) is 9.74. The lowest BCUT2D eigenvalue weighted by Crippen LogP contribution is -2.38. The molecule has 1 aromatic heterocycles. The van der Waals surface area contributed by atoms with Gasteiger partial charge in [0.25, 0.3) is 0 Å². The standard InChI is InChI=1S/C16H22N4/c1-11-4-2-6-14-15(11)18-16(17)20(14)13-7-9-19-8-3-5-12(19)10-13/h2,4,6,12-13H,3,5,7-10H2,1H3,(H2,17,18). The van der Waals surface area contributed by atoms with Crippen LogP contribution in [0.25, 0.3) is 11.0 Å². The van der Waals surface area contributed by atoms with Gasteiger partial charge in [-0.3, -0.25) is 0 Å². The maximum atomic E-state index is 6.23. The van der Waals surface area contributed by atoms with E-state index in [2.05, 4.69) is 39.6 Å². The molecule has 2 aliphatic heterocycles. The summed E-state index contributed by atoms with van der Waals surface area (Å²) in [6, 6.07) is 7.65. The molecule has 2 fully saturated rings. The Morgan fingerprint density at radius 2 is 2.10 bits per heavy atom. The molecule has 2 aliphatic rings. The van der Waals surface area contributed by atoms with Crippen molar-refractivity contribution in [2.45, 2.75) is 44.7 Å². The molecule has 4 nitrogen and oxygen atoms in total. The molecule has 0 amide bonds. The first-order valence-corrected chi connectivity index (χ1v) is 7.71. The van der Waals surface area contributed by atoms with Crippen LogP contribution in [0, 0.1) is 6.92 Å². The van der Waals surface area contributed by atoms with Crippen molar-refractivity contribution in [1.82, 2.24) is 14.5 Å². The molecular weight excluding hydrogens is 248 g/mol. The van der Waals surface area contributed by atoms with Crippen LogP contribution >= 0.6 is 0 Å². The molecule has 3 heterocycles. The number of fused-ring (bicyclic) bond motifs is 2. The molecular formula is C16H22N4. The van der Waals surface area contributed by atoms with Crippen molar-refractivity contribution >= 4 is 17.0 Å². The first kappa shape index (κ1) is 12.2. The molecule has 2 unspecified atom stereocenters. The van der Waals surface area contributed by atoms with Crippen molar-refractivity contribution in [1.29, 1.82) is 0 Å². The van der Waals surface area contributed by atoms with Gasteiger partial charge in [-0.25, -0.2) is 4.98 Å². The number of anilines is 1. The molecule has 2 N–H and O–H groups in total. The number of hydrogen-bond acceptors (Lipinski definition) is 3. The van der Waals surface area contributed by atoms with Gasteiger partial charge in [0.05, 0.1) is 11.0 Å². The smallest absolute Gasteiger partial charge is 0.201 e. The van der Waals surface area contributed by atoms with Gasteiger partial charge in [0.15, 0.2) is 0 Å². The number of hydrogen-bond donors (Lipinski definition) is 1. The number of aromatic nitrogens is 2. The van der Waals surface area contributed by atoms with Gasteiger partial charge in [0.2, 0.25) is 5.95 Å². The Hall–Kier alpha value is -1.55. The van der Waals surface area contributed by atoms with Crippen LogP contribution in [-0.4, -0.2) is 33.6 Å². The zero-order chi connectivity index (χ0) is 13.7. The highest BCUT2D eigenvalue weighted by Crippen LogP contribution is 2.36. The Labute approximate surface area is 119 Å². The molecule has 0 bridgehead atoms. The van der Waals surface area contributed by atoms with Crippen molar-refractivity contribution in [3.63, 3.8) is 0 Å². The summed E-state index contributed by atoms with van der Waals surface area (Å²) in [5.74, 6) is 0.686. The fourth-order valence-corrected chi connectivity index (χ4v) is 4.10. The van der Waals surface area contributed by atoms with Crippen LogP contribution in [0.15, 0.2) is 18.2 Å². The highest BCUT2D eigenvalue weighted by atomic mass is 15.2. The summed E-state index contributed by atoms with van der Waals surface area (Å²) in [6.45, 7) is 4.61. The molecule has 4 rings (SSSR count). The summed E-state index contributed by atoms with van der Waals surface area (Å²) in [6.07, 6.45) is 5.13. The Morgan fingerprint density at radius 1 is 1.20 bits per heavy atom. The number of nitrogen functional groups attached to an aromatic ring is 1. The van der Waals surface area contributed by atoms with E-state index in [9.17, 15) is 0 Å². The third-order valence-corrected chi connectivity index (χ3v) is 5.11. The fraction of sp³-hybridized carbons (Fsp3) is 0.562.